The predicted molar refractivity (Wildman–Crippen MR) is 66.7 cm³/mol. The van der Waals surface area contributed by atoms with Crippen LogP contribution in [0, 0.1) is 5.21 Å². The van der Waals surface area contributed by atoms with Gasteiger partial charge in [0.15, 0.2) is 0 Å². The molecule has 0 aliphatic rings. The molecule has 0 bridgehead atoms. The molecule has 0 spiro atoms. The number of carbonyl (C=O) groups is 1. The Balaban J connectivity index is 2.40. The van der Waals surface area contributed by atoms with Crippen LogP contribution in [0.15, 0.2) is 42.7 Å². The molecular weight excluding hydrogens is 230 g/mol. The molecule has 1 aromatic heterocycles. The topological polar surface area (TPSA) is 60.1 Å². The molecule has 5 nitrogen and oxygen atoms in total. The minimum atomic E-state index is -0.364. The van der Waals surface area contributed by atoms with Gasteiger partial charge in [-0.05, 0) is 0 Å². The van der Waals surface area contributed by atoms with Gasteiger partial charge in [0.25, 0.3) is 5.69 Å². The van der Waals surface area contributed by atoms with E-state index in [9.17, 15) is 10.0 Å². The Morgan fingerprint density at radius 1 is 1.28 bits per heavy atom. The number of benzene rings is 1. The Bertz CT molecular complexity index is 568. The highest BCUT2D eigenvalue weighted by molar-refractivity contribution is 5.90. The fraction of sp³-hybridized carbons (Fsp3) is 0.154. The molecule has 5 heteroatoms. The Morgan fingerprint density at radius 3 is 2.50 bits per heavy atom. The normalized spacial score (nSPS) is 10.1. The van der Waals surface area contributed by atoms with Gasteiger partial charge in [0, 0.05) is 19.7 Å². The highest BCUT2D eigenvalue weighted by Gasteiger charge is 2.19. The van der Waals surface area contributed by atoms with E-state index in [4.69, 9.17) is 0 Å². The lowest BCUT2D eigenvalue weighted by Gasteiger charge is -2.10. The van der Waals surface area contributed by atoms with Gasteiger partial charge in [0.2, 0.25) is 6.20 Å². The van der Waals surface area contributed by atoms with Crippen LogP contribution in [0.5, 0.6) is 0 Å². The van der Waals surface area contributed by atoms with Crippen LogP contribution in [0.1, 0.15) is 10.5 Å². The van der Waals surface area contributed by atoms with E-state index in [0.717, 1.165) is 5.56 Å². The van der Waals surface area contributed by atoms with Crippen LogP contribution in [0.25, 0.3) is 11.3 Å². The van der Waals surface area contributed by atoms with Crippen LogP contribution in [-0.4, -0.2) is 29.9 Å². The van der Waals surface area contributed by atoms with Gasteiger partial charge in [-0.25, -0.2) is 4.98 Å². The third kappa shape index (κ3) is 2.29. The van der Waals surface area contributed by atoms with Crippen molar-refractivity contribution in [2.75, 3.05) is 14.1 Å². The summed E-state index contributed by atoms with van der Waals surface area (Å²) >= 11 is 0. The summed E-state index contributed by atoms with van der Waals surface area (Å²) in [5, 5.41) is 11.8. The summed E-state index contributed by atoms with van der Waals surface area (Å²) in [5.41, 5.74) is 1.39. The van der Waals surface area contributed by atoms with Gasteiger partial charge in [-0.2, -0.15) is 4.73 Å². The van der Waals surface area contributed by atoms with Crippen LogP contribution >= 0.6 is 0 Å². The maximum Gasteiger partial charge on any atom is 0.321 e. The Hall–Kier alpha value is -2.43. The van der Waals surface area contributed by atoms with Crippen molar-refractivity contribution in [3.63, 3.8) is 0 Å². The van der Waals surface area contributed by atoms with Crippen LogP contribution in [0.3, 0.4) is 0 Å². The minimum absolute atomic E-state index is 0.0136. The number of hydrogen-bond donors (Lipinski definition) is 0. The van der Waals surface area contributed by atoms with Crippen molar-refractivity contribution in [1.82, 2.24) is 9.88 Å². The Labute approximate surface area is 105 Å². The van der Waals surface area contributed by atoms with Crippen molar-refractivity contribution in [2.24, 2.45) is 0 Å². The van der Waals surface area contributed by atoms with Gasteiger partial charge in [-0.3, -0.25) is 4.79 Å². The van der Waals surface area contributed by atoms with E-state index in [2.05, 4.69) is 4.98 Å². The zero-order valence-corrected chi connectivity index (χ0v) is 10.2. The lowest BCUT2D eigenvalue weighted by molar-refractivity contribution is -0.608. The second kappa shape index (κ2) is 4.83. The minimum Gasteiger partial charge on any atom is -0.618 e. The number of aromatic nitrogens is 2. The molecule has 0 fully saturated rings. The summed E-state index contributed by atoms with van der Waals surface area (Å²) in [6.45, 7) is 0. The molecule has 0 saturated carbocycles. The van der Waals surface area contributed by atoms with Crippen LogP contribution in [0.4, 0.5) is 0 Å². The van der Waals surface area contributed by atoms with E-state index >= 15 is 0 Å². The quantitative estimate of drug-likeness (QED) is 0.586. The van der Waals surface area contributed by atoms with Crippen molar-refractivity contribution in [3.8, 4) is 11.3 Å². The van der Waals surface area contributed by atoms with Crippen molar-refractivity contribution in [2.45, 2.75) is 0 Å². The lowest BCUT2D eigenvalue weighted by Crippen LogP contribution is -2.39. The molecule has 0 unspecified atom stereocenters. The molecule has 0 atom stereocenters. The van der Waals surface area contributed by atoms with Crippen molar-refractivity contribution in [1.29, 1.82) is 0 Å². The molecule has 1 amide bonds. The fourth-order valence-electron chi connectivity index (χ4n) is 1.54. The number of hydrogen-bond acceptors (Lipinski definition) is 3. The zero-order valence-electron chi connectivity index (χ0n) is 10.2. The predicted octanol–water partition coefficient (Wildman–Crippen LogP) is 1.08. The first kappa shape index (κ1) is 12.0. The largest absolute Gasteiger partial charge is 0.618 e. The Kier molecular flexibility index (Phi) is 3.23. The van der Waals surface area contributed by atoms with Gasteiger partial charge >= 0.3 is 5.91 Å². The van der Waals surface area contributed by atoms with Crippen molar-refractivity contribution < 1.29 is 9.52 Å². The smallest absolute Gasteiger partial charge is 0.321 e. The summed E-state index contributed by atoms with van der Waals surface area (Å²) in [7, 11) is 3.18. The second-order valence-corrected chi connectivity index (χ2v) is 4.05. The molecule has 0 N–H and O–H groups in total. The highest BCUT2D eigenvalue weighted by Crippen LogP contribution is 2.14. The average molecular weight is 243 g/mol. The van der Waals surface area contributed by atoms with Crippen LogP contribution < -0.4 is 4.73 Å². The van der Waals surface area contributed by atoms with E-state index in [1.165, 1.54) is 17.3 Å². The maximum atomic E-state index is 11.8. The standard InChI is InChI=1S/C13H13N3O2/c1-15(2)13(17)12-8-14-11(9-16(12)18)10-6-4-3-5-7-10/h3-9H,1-2H3. The fourth-order valence-corrected chi connectivity index (χ4v) is 1.54. The van der Waals surface area contributed by atoms with E-state index in [1.807, 2.05) is 30.3 Å². The zero-order chi connectivity index (χ0) is 13.1. The third-order valence-electron chi connectivity index (χ3n) is 2.50. The van der Waals surface area contributed by atoms with Gasteiger partial charge in [-0.15, -0.1) is 0 Å². The van der Waals surface area contributed by atoms with Gasteiger partial charge < -0.3 is 10.1 Å². The highest BCUT2D eigenvalue weighted by atomic mass is 16.5. The first-order valence-electron chi connectivity index (χ1n) is 5.46. The van der Waals surface area contributed by atoms with Gasteiger partial charge in [-0.1, -0.05) is 30.3 Å². The van der Waals surface area contributed by atoms with Crippen molar-refractivity contribution in [3.05, 3.63) is 53.6 Å². The molecule has 2 rings (SSSR count). The first-order chi connectivity index (χ1) is 8.59. The summed E-state index contributed by atoms with van der Waals surface area (Å²) in [6.07, 6.45) is 2.61. The molecule has 0 aliphatic heterocycles. The van der Waals surface area contributed by atoms with Crippen LogP contribution in [0.2, 0.25) is 0 Å². The molecular formula is C13H13N3O2. The maximum absolute atomic E-state index is 11.8. The molecule has 0 saturated heterocycles. The number of amides is 1. The summed E-state index contributed by atoms with van der Waals surface area (Å²) in [6, 6.07) is 9.33. The molecule has 0 radical (unpaired) electrons. The SMILES string of the molecule is CN(C)C(=O)c1cnc(-c2ccccc2)c[n+]1[O-]. The number of rotatable bonds is 2. The van der Waals surface area contributed by atoms with Gasteiger partial charge in [0.1, 0.15) is 11.9 Å². The molecule has 1 aromatic carbocycles. The van der Waals surface area contributed by atoms with Crippen molar-refractivity contribution >= 4 is 5.91 Å². The van der Waals surface area contributed by atoms with E-state index in [0.29, 0.717) is 10.4 Å². The summed E-state index contributed by atoms with van der Waals surface area (Å²) in [4.78, 5) is 17.2. The second-order valence-electron chi connectivity index (χ2n) is 4.05. The first-order valence-corrected chi connectivity index (χ1v) is 5.46. The van der Waals surface area contributed by atoms with E-state index in [-0.39, 0.29) is 11.6 Å². The average Bonchev–Trinajstić information content (AvgIpc) is 2.38. The monoisotopic (exact) mass is 243 g/mol. The summed E-state index contributed by atoms with van der Waals surface area (Å²) in [5.74, 6) is -0.364. The molecule has 2 aromatic rings. The van der Waals surface area contributed by atoms with Gasteiger partial charge in [0.05, 0.1) is 0 Å². The van der Waals surface area contributed by atoms with E-state index in [1.54, 1.807) is 14.1 Å². The summed E-state index contributed by atoms with van der Waals surface area (Å²) < 4.78 is 0.553. The molecule has 92 valence electrons. The Morgan fingerprint density at radius 2 is 1.94 bits per heavy atom. The number of nitrogens with zero attached hydrogens (tertiary/aromatic N) is 3. The molecule has 18 heavy (non-hydrogen) atoms. The van der Waals surface area contributed by atoms with Crippen LogP contribution in [-0.2, 0) is 0 Å². The number of carbonyl (C=O) groups excluding carboxylic acids is 1. The molecule has 1 heterocycles. The molecule has 0 aliphatic carbocycles. The lowest BCUT2D eigenvalue weighted by atomic mass is 10.2. The van der Waals surface area contributed by atoms with E-state index < -0.39 is 0 Å². The third-order valence-corrected chi connectivity index (χ3v) is 2.50.